The number of carbonyl (C=O) groups excluding carboxylic acids is 2. The summed E-state index contributed by atoms with van der Waals surface area (Å²) in [5, 5.41) is 11.0. The SMILES string of the molecule is CCCCC/C=C\C/C=C\CCCCCCCC(=O)OC(CCCCCCCCC)CCCCCCCC(=O)NCC(=O)O. The molecule has 0 aromatic rings. The van der Waals surface area contributed by atoms with Crippen LogP contribution in [0.4, 0.5) is 0 Å². The number of carbonyl (C=O) groups is 3. The molecule has 0 bridgehead atoms. The zero-order valence-electron chi connectivity index (χ0n) is 28.8. The fourth-order valence-electron chi connectivity index (χ4n) is 5.37. The number of carboxylic acids is 1. The first kappa shape index (κ1) is 41.9. The van der Waals surface area contributed by atoms with Gasteiger partial charge < -0.3 is 15.2 Å². The van der Waals surface area contributed by atoms with E-state index in [0.29, 0.717) is 12.8 Å². The Balaban J connectivity index is 4.09. The van der Waals surface area contributed by atoms with Crippen molar-refractivity contribution < 1.29 is 24.2 Å². The maximum atomic E-state index is 12.6. The Bertz CT molecular complexity index is 733. The summed E-state index contributed by atoms with van der Waals surface area (Å²) in [7, 11) is 0. The molecule has 6 nitrogen and oxygen atoms in total. The van der Waals surface area contributed by atoms with Crippen LogP contribution in [-0.2, 0) is 19.1 Å². The second-order valence-corrected chi connectivity index (χ2v) is 12.5. The van der Waals surface area contributed by atoms with Crippen molar-refractivity contribution in [2.24, 2.45) is 0 Å². The highest BCUT2D eigenvalue weighted by molar-refractivity contribution is 5.80. The maximum absolute atomic E-state index is 12.6. The van der Waals surface area contributed by atoms with Crippen LogP contribution in [0.1, 0.15) is 187 Å². The number of carboxylic acid groups (broad SMARTS) is 1. The molecule has 0 spiro atoms. The van der Waals surface area contributed by atoms with Crippen molar-refractivity contribution in [1.82, 2.24) is 5.32 Å². The average Bonchev–Trinajstić information content (AvgIpc) is 3.00. The van der Waals surface area contributed by atoms with Gasteiger partial charge in [0.1, 0.15) is 12.6 Å². The van der Waals surface area contributed by atoms with Gasteiger partial charge in [0.2, 0.25) is 5.91 Å². The topological polar surface area (TPSA) is 92.7 Å². The molecule has 1 atom stereocenters. The first-order valence-electron chi connectivity index (χ1n) is 18.5. The van der Waals surface area contributed by atoms with E-state index in [1.54, 1.807) is 0 Å². The first-order chi connectivity index (χ1) is 21.5. The van der Waals surface area contributed by atoms with Crippen LogP contribution in [0.5, 0.6) is 0 Å². The number of ether oxygens (including phenoxy) is 1. The second-order valence-electron chi connectivity index (χ2n) is 12.5. The molecule has 0 aromatic heterocycles. The summed E-state index contributed by atoms with van der Waals surface area (Å²) in [5.41, 5.74) is 0. The van der Waals surface area contributed by atoms with Crippen molar-refractivity contribution in [2.75, 3.05) is 6.54 Å². The van der Waals surface area contributed by atoms with E-state index in [1.165, 1.54) is 83.5 Å². The van der Waals surface area contributed by atoms with Crippen LogP contribution in [0.3, 0.4) is 0 Å². The number of aliphatic carboxylic acids is 1. The zero-order chi connectivity index (χ0) is 32.4. The minimum atomic E-state index is -1.02. The fraction of sp³-hybridized carbons (Fsp3) is 0.816. The molecule has 0 aliphatic heterocycles. The van der Waals surface area contributed by atoms with Gasteiger partial charge in [-0.3, -0.25) is 14.4 Å². The number of hydrogen-bond acceptors (Lipinski definition) is 4. The van der Waals surface area contributed by atoms with Gasteiger partial charge in [0.15, 0.2) is 0 Å². The molecule has 0 aliphatic carbocycles. The Labute approximate surface area is 271 Å². The van der Waals surface area contributed by atoms with Crippen LogP contribution in [0, 0.1) is 0 Å². The Morgan fingerprint density at radius 2 is 1.05 bits per heavy atom. The Kier molecular flexibility index (Phi) is 32.2. The van der Waals surface area contributed by atoms with Gasteiger partial charge in [0, 0.05) is 12.8 Å². The molecule has 1 unspecified atom stereocenters. The molecule has 0 rings (SSSR count). The summed E-state index contributed by atoms with van der Waals surface area (Å²) in [4.78, 5) is 34.8. The zero-order valence-corrected chi connectivity index (χ0v) is 28.8. The van der Waals surface area contributed by atoms with E-state index in [0.717, 1.165) is 77.0 Å². The number of amides is 1. The second kappa shape index (κ2) is 33.8. The number of unbranched alkanes of at least 4 members (excludes halogenated alkanes) is 18. The van der Waals surface area contributed by atoms with E-state index in [-0.39, 0.29) is 24.5 Å². The third-order valence-electron chi connectivity index (χ3n) is 8.13. The molecule has 0 aromatic carbocycles. The highest BCUT2D eigenvalue weighted by Crippen LogP contribution is 2.18. The van der Waals surface area contributed by atoms with Crippen LogP contribution >= 0.6 is 0 Å². The van der Waals surface area contributed by atoms with Gasteiger partial charge in [0.25, 0.3) is 0 Å². The quantitative estimate of drug-likeness (QED) is 0.0433. The lowest BCUT2D eigenvalue weighted by Gasteiger charge is -2.18. The van der Waals surface area contributed by atoms with Gasteiger partial charge >= 0.3 is 11.9 Å². The standard InChI is InChI=1S/C38H69NO5/c1-3-5-7-9-11-12-13-14-15-16-17-18-20-25-29-33-38(43)44-35(30-26-22-19-10-8-6-4-2)31-27-23-21-24-28-32-36(40)39-34-37(41)42/h11-12,14-15,35H,3-10,13,16-34H2,1-2H3,(H,39,40)(H,41,42)/b12-11-,15-14-. The molecular weight excluding hydrogens is 550 g/mol. The molecule has 0 fully saturated rings. The molecule has 0 heterocycles. The number of allylic oxidation sites excluding steroid dienone is 4. The largest absolute Gasteiger partial charge is 0.480 e. The number of rotatable bonds is 33. The Hall–Kier alpha value is -2.11. The minimum absolute atomic E-state index is 0.0258. The maximum Gasteiger partial charge on any atom is 0.322 e. The van der Waals surface area contributed by atoms with Crippen molar-refractivity contribution in [2.45, 2.75) is 193 Å². The van der Waals surface area contributed by atoms with Gasteiger partial charge in [-0.25, -0.2) is 0 Å². The Morgan fingerprint density at radius 1 is 0.591 bits per heavy atom. The summed E-state index contributed by atoms with van der Waals surface area (Å²) in [5.74, 6) is -1.25. The highest BCUT2D eigenvalue weighted by Gasteiger charge is 2.14. The monoisotopic (exact) mass is 620 g/mol. The summed E-state index contributed by atoms with van der Waals surface area (Å²) < 4.78 is 5.97. The van der Waals surface area contributed by atoms with Crippen molar-refractivity contribution in [3.63, 3.8) is 0 Å². The van der Waals surface area contributed by atoms with Crippen molar-refractivity contribution >= 4 is 17.8 Å². The van der Waals surface area contributed by atoms with Gasteiger partial charge in [-0.1, -0.05) is 128 Å². The van der Waals surface area contributed by atoms with Gasteiger partial charge in [-0.2, -0.15) is 0 Å². The predicted molar refractivity (Wildman–Crippen MR) is 185 cm³/mol. The minimum Gasteiger partial charge on any atom is -0.480 e. The first-order valence-corrected chi connectivity index (χ1v) is 18.5. The lowest BCUT2D eigenvalue weighted by atomic mass is 10.0. The molecule has 6 heteroatoms. The molecule has 0 saturated carbocycles. The molecule has 0 radical (unpaired) electrons. The Morgan fingerprint density at radius 3 is 1.61 bits per heavy atom. The lowest BCUT2D eigenvalue weighted by molar-refractivity contribution is -0.150. The van der Waals surface area contributed by atoms with E-state index >= 15 is 0 Å². The van der Waals surface area contributed by atoms with Crippen molar-refractivity contribution in [1.29, 1.82) is 0 Å². The average molecular weight is 620 g/mol. The smallest absolute Gasteiger partial charge is 0.322 e. The third-order valence-corrected chi connectivity index (χ3v) is 8.13. The number of nitrogens with one attached hydrogen (secondary N) is 1. The van der Waals surface area contributed by atoms with Crippen LogP contribution in [-0.4, -0.2) is 35.6 Å². The molecule has 0 saturated heterocycles. The van der Waals surface area contributed by atoms with Crippen molar-refractivity contribution in [3.05, 3.63) is 24.3 Å². The lowest BCUT2D eigenvalue weighted by Crippen LogP contribution is -2.28. The van der Waals surface area contributed by atoms with E-state index in [9.17, 15) is 14.4 Å². The predicted octanol–water partition coefficient (Wildman–Crippen LogP) is 10.8. The fourth-order valence-corrected chi connectivity index (χ4v) is 5.37. The highest BCUT2D eigenvalue weighted by atomic mass is 16.5. The van der Waals surface area contributed by atoms with Crippen LogP contribution < -0.4 is 5.32 Å². The van der Waals surface area contributed by atoms with Gasteiger partial charge in [-0.05, 0) is 70.6 Å². The summed E-state index contributed by atoms with van der Waals surface area (Å²) in [6, 6.07) is 0. The molecular formula is C38H69NO5. The van der Waals surface area contributed by atoms with E-state index in [2.05, 4.69) is 43.5 Å². The summed E-state index contributed by atoms with van der Waals surface area (Å²) in [6.45, 7) is 4.17. The van der Waals surface area contributed by atoms with Crippen LogP contribution in [0.25, 0.3) is 0 Å². The van der Waals surface area contributed by atoms with Gasteiger partial charge in [-0.15, -0.1) is 0 Å². The van der Waals surface area contributed by atoms with Crippen molar-refractivity contribution in [3.8, 4) is 0 Å². The molecule has 1 amide bonds. The molecule has 2 N–H and O–H groups in total. The van der Waals surface area contributed by atoms with Crippen LogP contribution in [0.2, 0.25) is 0 Å². The molecule has 0 aliphatic rings. The van der Waals surface area contributed by atoms with E-state index in [1.807, 2.05) is 0 Å². The molecule has 44 heavy (non-hydrogen) atoms. The summed E-state index contributed by atoms with van der Waals surface area (Å²) >= 11 is 0. The number of esters is 1. The van der Waals surface area contributed by atoms with E-state index < -0.39 is 5.97 Å². The third kappa shape index (κ3) is 32.8. The van der Waals surface area contributed by atoms with E-state index in [4.69, 9.17) is 9.84 Å². The normalized spacial score (nSPS) is 12.2. The molecule has 256 valence electrons. The van der Waals surface area contributed by atoms with Crippen LogP contribution in [0.15, 0.2) is 24.3 Å². The number of hydrogen-bond donors (Lipinski definition) is 2. The van der Waals surface area contributed by atoms with Gasteiger partial charge in [0.05, 0.1) is 0 Å². The summed E-state index contributed by atoms with van der Waals surface area (Å²) in [6.07, 6.45) is 38.6.